The summed E-state index contributed by atoms with van der Waals surface area (Å²) in [6, 6.07) is 13.2. The van der Waals surface area contributed by atoms with Crippen molar-refractivity contribution in [1.82, 2.24) is 9.38 Å². The molecule has 0 spiro atoms. The summed E-state index contributed by atoms with van der Waals surface area (Å²) in [5.74, 6) is -0.0314. The van der Waals surface area contributed by atoms with E-state index < -0.39 is 23.8 Å². The number of benzene rings is 2. The minimum Gasteiger partial charge on any atom is -0.455 e. The molecule has 0 amide bonds. The molecule has 2 aromatic heterocycles. The first-order chi connectivity index (χ1) is 19.0. The first kappa shape index (κ1) is 27.2. The molecular formula is C30H26F4N4O2. The quantitative estimate of drug-likeness (QED) is 0.170. The van der Waals surface area contributed by atoms with Crippen LogP contribution >= 0.6 is 0 Å². The maximum atomic E-state index is 13.9. The third-order valence-electron chi connectivity index (χ3n) is 7.09. The summed E-state index contributed by atoms with van der Waals surface area (Å²) in [7, 11) is 0. The fraction of sp³-hybridized carbons (Fsp3) is 0.300. The Hall–Kier alpha value is -4.39. The summed E-state index contributed by atoms with van der Waals surface area (Å²) in [6.45, 7) is 3.20. The monoisotopic (exact) mass is 550 g/mol. The number of Topliss-reactive ketones (excluding diaryl/α,β-unsaturated/α-hetero) is 1. The van der Waals surface area contributed by atoms with Gasteiger partial charge in [0.2, 0.25) is 0 Å². The minimum atomic E-state index is -4.33. The number of ether oxygens (including phenoxy) is 1. The molecule has 0 atom stereocenters. The number of anilines is 1. The molecular weight excluding hydrogens is 524 g/mol. The number of imidazole rings is 1. The van der Waals surface area contributed by atoms with Gasteiger partial charge in [0, 0.05) is 36.2 Å². The maximum Gasteiger partial charge on any atom is 0.390 e. The van der Waals surface area contributed by atoms with Crippen LogP contribution in [0.5, 0.6) is 11.5 Å². The van der Waals surface area contributed by atoms with Gasteiger partial charge in [-0.15, -0.1) is 0 Å². The van der Waals surface area contributed by atoms with Gasteiger partial charge in [-0.05, 0) is 49.9 Å². The Morgan fingerprint density at radius 1 is 1.15 bits per heavy atom. The van der Waals surface area contributed by atoms with Crippen molar-refractivity contribution >= 4 is 17.1 Å². The summed E-state index contributed by atoms with van der Waals surface area (Å²) >= 11 is 0. The van der Waals surface area contributed by atoms with E-state index >= 15 is 0 Å². The van der Waals surface area contributed by atoms with Crippen LogP contribution in [0.1, 0.15) is 47.2 Å². The number of alkyl halides is 3. The van der Waals surface area contributed by atoms with Crippen LogP contribution in [0.4, 0.5) is 23.2 Å². The minimum absolute atomic E-state index is 0.0847. The van der Waals surface area contributed by atoms with Crippen molar-refractivity contribution in [3.05, 3.63) is 77.4 Å². The average molecular weight is 551 g/mol. The smallest absolute Gasteiger partial charge is 0.390 e. The highest BCUT2D eigenvalue weighted by Gasteiger charge is 2.45. The van der Waals surface area contributed by atoms with Gasteiger partial charge in [-0.3, -0.25) is 9.20 Å². The molecule has 0 saturated heterocycles. The number of nitrogens with one attached hydrogen (secondary N) is 1. The van der Waals surface area contributed by atoms with Crippen molar-refractivity contribution in [3.63, 3.8) is 0 Å². The van der Waals surface area contributed by atoms with E-state index in [-0.39, 0.29) is 30.2 Å². The van der Waals surface area contributed by atoms with Crippen LogP contribution in [0, 0.1) is 36.4 Å². The van der Waals surface area contributed by atoms with Crippen molar-refractivity contribution in [2.24, 2.45) is 5.41 Å². The second-order valence-electron chi connectivity index (χ2n) is 10.3. The number of carbonyl (C=O) groups is 1. The molecule has 1 N–H and O–H groups in total. The Morgan fingerprint density at radius 3 is 2.60 bits per heavy atom. The molecule has 40 heavy (non-hydrogen) atoms. The SMILES string of the molecule is Cc1ccc(F)cc1Oc1cc(NCCC(F)(F)F)c2ncc(-c3ccc(C(=O)CC4(C#N)CC4)c(C)c3)n2c1. The van der Waals surface area contributed by atoms with Gasteiger partial charge in [-0.2, -0.15) is 18.4 Å². The predicted octanol–water partition coefficient (Wildman–Crippen LogP) is 7.79. The van der Waals surface area contributed by atoms with Crippen LogP contribution in [0.3, 0.4) is 0 Å². The van der Waals surface area contributed by atoms with Gasteiger partial charge in [-0.1, -0.05) is 18.2 Å². The summed E-state index contributed by atoms with van der Waals surface area (Å²) in [5.41, 5.74) is 3.45. The highest BCUT2D eigenvalue weighted by atomic mass is 19.4. The largest absolute Gasteiger partial charge is 0.455 e. The molecule has 5 rings (SSSR count). The van der Waals surface area contributed by atoms with Gasteiger partial charge in [0.25, 0.3) is 0 Å². The highest BCUT2D eigenvalue weighted by Crippen LogP contribution is 2.48. The van der Waals surface area contributed by atoms with E-state index in [1.807, 2.05) is 13.0 Å². The molecule has 0 unspecified atom stereocenters. The third-order valence-corrected chi connectivity index (χ3v) is 7.09. The molecule has 1 fully saturated rings. The molecule has 0 aliphatic heterocycles. The molecule has 1 saturated carbocycles. The first-order valence-corrected chi connectivity index (χ1v) is 12.8. The summed E-state index contributed by atoms with van der Waals surface area (Å²) in [6.07, 6.45) is -0.503. The standard InChI is InChI=1S/C30H26F4N4O2/c1-18-3-5-21(31)12-27(18)40-22-13-24(36-10-9-30(32,33)34)28-37-15-25(38(28)16-22)20-4-6-23(19(2)11-20)26(39)14-29(17-35)7-8-29/h3-6,11-13,15-16,36H,7-10,14H2,1-2H3. The van der Waals surface area contributed by atoms with E-state index in [2.05, 4.69) is 16.4 Å². The summed E-state index contributed by atoms with van der Waals surface area (Å²) in [5, 5.41) is 12.2. The van der Waals surface area contributed by atoms with E-state index in [0.717, 1.165) is 24.0 Å². The Balaban J connectivity index is 1.51. The maximum absolute atomic E-state index is 13.9. The molecule has 0 bridgehead atoms. The van der Waals surface area contributed by atoms with E-state index in [1.165, 1.54) is 18.2 Å². The van der Waals surface area contributed by atoms with E-state index in [0.29, 0.717) is 28.2 Å². The Labute approximate surface area is 228 Å². The Kier molecular flexibility index (Phi) is 7.00. The van der Waals surface area contributed by atoms with Crippen LogP contribution in [0.15, 0.2) is 54.9 Å². The van der Waals surface area contributed by atoms with Crippen LogP contribution in [-0.2, 0) is 0 Å². The van der Waals surface area contributed by atoms with Crippen LogP contribution in [0.2, 0.25) is 0 Å². The van der Waals surface area contributed by atoms with Crippen molar-refractivity contribution in [2.45, 2.75) is 45.7 Å². The molecule has 2 aromatic carbocycles. The van der Waals surface area contributed by atoms with Gasteiger partial charge in [0.05, 0.1) is 41.7 Å². The van der Waals surface area contributed by atoms with Crippen molar-refractivity contribution < 1.29 is 27.1 Å². The number of rotatable bonds is 9. The first-order valence-electron chi connectivity index (χ1n) is 12.8. The van der Waals surface area contributed by atoms with Crippen LogP contribution < -0.4 is 10.1 Å². The number of ketones is 1. The number of nitriles is 1. The fourth-order valence-electron chi connectivity index (χ4n) is 4.63. The van der Waals surface area contributed by atoms with Gasteiger partial charge >= 0.3 is 6.18 Å². The van der Waals surface area contributed by atoms with Gasteiger partial charge < -0.3 is 10.1 Å². The van der Waals surface area contributed by atoms with Gasteiger partial charge in [0.1, 0.15) is 17.3 Å². The van der Waals surface area contributed by atoms with Crippen molar-refractivity contribution in [3.8, 4) is 28.8 Å². The van der Waals surface area contributed by atoms with Gasteiger partial charge in [-0.25, -0.2) is 9.37 Å². The molecule has 0 radical (unpaired) electrons. The number of aryl methyl sites for hydroxylation is 2. The van der Waals surface area contributed by atoms with Crippen LogP contribution in [-0.4, -0.2) is 27.9 Å². The molecule has 10 heteroatoms. The molecule has 2 heterocycles. The number of pyridine rings is 1. The van der Waals surface area contributed by atoms with Gasteiger partial charge in [0.15, 0.2) is 11.4 Å². The van der Waals surface area contributed by atoms with Crippen molar-refractivity contribution in [2.75, 3.05) is 11.9 Å². The molecule has 1 aliphatic carbocycles. The topological polar surface area (TPSA) is 79.4 Å². The normalized spacial score (nSPS) is 14.1. The number of fused-ring (bicyclic) bond motifs is 1. The molecule has 4 aromatic rings. The zero-order valence-electron chi connectivity index (χ0n) is 21.9. The zero-order chi connectivity index (χ0) is 28.7. The lowest BCUT2D eigenvalue weighted by atomic mass is 9.93. The predicted molar refractivity (Wildman–Crippen MR) is 142 cm³/mol. The lowest BCUT2D eigenvalue weighted by Gasteiger charge is -2.15. The Morgan fingerprint density at radius 2 is 1.93 bits per heavy atom. The third kappa shape index (κ3) is 5.78. The lowest BCUT2D eigenvalue weighted by molar-refractivity contribution is -0.131. The van der Waals surface area contributed by atoms with E-state index in [9.17, 15) is 27.6 Å². The number of carbonyl (C=O) groups excluding carboxylic acids is 1. The van der Waals surface area contributed by atoms with E-state index in [4.69, 9.17) is 4.74 Å². The number of hydrogen-bond acceptors (Lipinski definition) is 5. The number of nitrogens with zero attached hydrogens (tertiary/aromatic N) is 3. The van der Waals surface area contributed by atoms with Crippen molar-refractivity contribution in [1.29, 1.82) is 5.26 Å². The Bertz CT molecular complexity index is 1650. The fourth-order valence-corrected chi connectivity index (χ4v) is 4.63. The number of hydrogen-bond donors (Lipinski definition) is 1. The van der Waals surface area contributed by atoms with E-state index in [1.54, 1.807) is 41.9 Å². The zero-order valence-corrected chi connectivity index (χ0v) is 21.9. The number of aromatic nitrogens is 2. The summed E-state index contributed by atoms with van der Waals surface area (Å²) in [4.78, 5) is 17.3. The summed E-state index contributed by atoms with van der Waals surface area (Å²) < 4.78 is 60.0. The average Bonchev–Trinajstić information content (AvgIpc) is 3.53. The molecule has 1 aliphatic rings. The lowest BCUT2D eigenvalue weighted by Crippen LogP contribution is -2.15. The molecule has 6 nitrogen and oxygen atoms in total. The molecule has 206 valence electrons. The van der Waals surface area contributed by atoms with Crippen LogP contribution in [0.25, 0.3) is 16.9 Å². The second kappa shape index (κ2) is 10.3. The highest BCUT2D eigenvalue weighted by molar-refractivity contribution is 5.98. The number of halogens is 4. The second-order valence-corrected chi connectivity index (χ2v) is 10.3.